The average molecular weight is 305 g/mol. The summed E-state index contributed by atoms with van der Waals surface area (Å²) in [7, 11) is -3.68. The highest BCUT2D eigenvalue weighted by atomic mass is 32.2. The number of carbonyl (C=O) groups excluding carboxylic acids is 1. The van der Waals surface area contributed by atoms with Gasteiger partial charge in [0, 0.05) is 18.4 Å². The molecule has 0 spiro atoms. The number of sulfonamides is 1. The van der Waals surface area contributed by atoms with Crippen molar-refractivity contribution < 1.29 is 13.2 Å². The second-order valence-corrected chi connectivity index (χ2v) is 7.03. The Labute approximate surface area is 122 Å². The number of aromatic nitrogens is 1. The molecule has 0 saturated carbocycles. The van der Waals surface area contributed by atoms with Gasteiger partial charge >= 0.3 is 0 Å². The van der Waals surface area contributed by atoms with Gasteiger partial charge in [-0.3, -0.25) is 9.78 Å². The van der Waals surface area contributed by atoms with E-state index in [-0.39, 0.29) is 18.9 Å². The fourth-order valence-corrected chi connectivity index (χ4v) is 3.26. The Balaban J connectivity index is 1.81. The highest BCUT2D eigenvalue weighted by molar-refractivity contribution is 7.89. The smallest absolute Gasteiger partial charge is 0.224 e. The molecule has 2 N–H and O–H groups in total. The van der Waals surface area contributed by atoms with Crippen LogP contribution in [0.2, 0.25) is 0 Å². The molecule has 1 amide bonds. The van der Waals surface area contributed by atoms with Gasteiger partial charge in [0.1, 0.15) is 5.25 Å². The van der Waals surface area contributed by atoms with Crippen molar-refractivity contribution in [3.05, 3.63) is 42.1 Å². The normalized spacial score (nSPS) is 19.4. The van der Waals surface area contributed by atoms with E-state index in [2.05, 4.69) is 4.98 Å². The van der Waals surface area contributed by atoms with E-state index < -0.39 is 15.3 Å². The van der Waals surface area contributed by atoms with Crippen molar-refractivity contribution in [3.8, 4) is 0 Å². The lowest BCUT2D eigenvalue weighted by atomic mass is 10.2. The second kappa shape index (κ2) is 5.09. The van der Waals surface area contributed by atoms with E-state index in [9.17, 15) is 13.2 Å². The van der Waals surface area contributed by atoms with Gasteiger partial charge in [0.25, 0.3) is 0 Å². The summed E-state index contributed by atoms with van der Waals surface area (Å²) in [6.07, 6.45) is -0.0492. The molecule has 1 unspecified atom stereocenters. The number of amides is 1. The quantitative estimate of drug-likeness (QED) is 0.899. The minimum absolute atomic E-state index is 0.0492. The van der Waals surface area contributed by atoms with Crippen LogP contribution in [0, 0.1) is 0 Å². The van der Waals surface area contributed by atoms with Crippen LogP contribution < -0.4 is 5.14 Å². The number of carbonyl (C=O) groups is 1. The summed E-state index contributed by atoms with van der Waals surface area (Å²) in [5, 5.41) is 5.32. The van der Waals surface area contributed by atoms with Gasteiger partial charge in [-0.15, -0.1) is 0 Å². The van der Waals surface area contributed by atoms with Gasteiger partial charge < -0.3 is 4.90 Å². The third kappa shape index (κ3) is 2.88. The predicted octanol–water partition coefficient (Wildman–Crippen LogP) is 0.624. The lowest BCUT2D eigenvalue weighted by Crippen LogP contribution is -2.32. The van der Waals surface area contributed by atoms with Gasteiger partial charge in [0.05, 0.1) is 17.8 Å². The molecule has 0 radical (unpaired) electrons. The number of nitrogens with zero attached hydrogens (tertiary/aromatic N) is 2. The molecule has 1 aromatic carbocycles. The third-order valence-electron chi connectivity index (χ3n) is 3.65. The fourth-order valence-electron chi connectivity index (χ4n) is 2.50. The zero-order chi connectivity index (χ0) is 15.0. The van der Waals surface area contributed by atoms with E-state index in [4.69, 9.17) is 5.14 Å². The number of hydrogen-bond acceptors (Lipinski definition) is 4. The zero-order valence-corrected chi connectivity index (χ0v) is 12.1. The number of nitrogens with two attached hydrogens (primary N) is 1. The number of hydrogen-bond donors (Lipinski definition) is 1. The molecule has 1 aliphatic rings. The van der Waals surface area contributed by atoms with Crippen molar-refractivity contribution in [2.75, 3.05) is 6.54 Å². The monoisotopic (exact) mass is 305 g/mol. The Kier molecular flexibility index (Phi) is 3.38. The summed E-state index contributed by atoms with van der Waals surface area (Å²) >= 11 is 0. The zero-order valence-electron chi connectivity index (χ0n) is 11.3. The van der Waals surface area contributed by atoms with Crippen molar-refractivity contribution in [2.45, 2.75) is 18.2 Å². The maximum Gasteiger partial charge on any atom is 0.224 e. The van der Waals surface area contributed by atoms with Crippen molar-refractivity contribution in [3.63, 3.8) is 0 Å². The summed E-state index contributed by atoms with van der Waals surface area (Å²) in [6, 6.07) is 11.5. The molecule has 1 aliphatic heterocycles. The van der Waals surface area contributed by atoms with Crippen LogP contribution in [0.15, 0.2) is 36.4 Å². The topological polar surface area (TPSA) is 93.4 Å². The molecule has 6 nitrogen and oxygen atoms in total. The summed E-state index contributed by atoms with van der Waals surface area (Å²) in [5.74, 6) is -0.205. The van der Waals surface area contributed by atoms with Crippen LogP contribution in [0.5, 0.6) is 0 Å². The highest BCUT2D eigenvalue weighted by Gasteiger charge is 2.36. The van der Waals surface area contributed by atoms with E-state index in [1.807, 2.05) is 36.4 Å². The van der Waals surface area contributed by atoms with Crippen molar-refractivity contribution >= 4 is 26.8 Å². The number of rotatable bonds is 3. The molecule has 7 heteroatoms. The molecule has 3 rings (SSSR count). The molecule has 0 aliphatic carbocycles. The minimum atomic E-state index is -3.68. The predicted molar refractivity (Wildman–Crippen MR) is 78.7 cm³/mol. The molecule has 1 saturated heterocycles. The molecule has 2 heterocycles. The first-order valence-electron chi connectivity index (χ1n) is 6.57. The molecule has 21 heavy (non-hydrogen) atoms. The molecule has 0 bridgehead atoms. The molecule has 1 aromatic heterocycles. The fraction of sp³-hybridized carbons (Fsp3) is 0.286. The summed E-state index contributed by atoms with van der Waals surface area (Å²) < 4.78 is 22.7. The van der Waals surface area contributed by atoms with Gasteiger partial charge in [0.15, 0.2) is 0 Å². The van der Waals surface area contributed by atoms with Crippen LogP contribution in [0.1, 0.15) is 12.1 Å². The summed E-state index contributed by atoms with van der Waals surface area (Å²) in [5.41, 5.74) is 1.58. The van der Waals surface area contributed by atoms with Crippen molar-refractivity contribution in [1.29, 1.82) is 0 Å². The molecule has 1 atom stereocenters. The van der Waals surface area contributed by atoms with E-state index in [0.717, 1.165) is 16.6 Å². The number of primary sulfonamides is 1. The molecular formula is C14H15N3O3S. The number of likely N-dealkylation sites (tertiary alicyclic amines) is 1. The number of benzene rings is 1. The Hall–Kier alpha value is -1.99. The van der Waals surface area contributed by atoms with E-state index in [0.29, 0.717) is 6.54 Å². The van der Waals surface area contributed by atoms with Gasteiger partial charge in [-0.1, -0.05) is 24.3 Å². The van der Waals surface area contributed by atoms with Gasteiger partial charge in [0.2, 0.25) is 15.9 Å². The van der Waals surface area contributed by atoms with Crippen molar-refractivity contribution in [1.82, 2.24) is 9.88 Å². The molecular weight excluding hydrogens is 290 g/mol. The lowest BCUT2D eigenvalue weighted by molar-refractivity contribution is -0.128. The van der Waals surface area contributed by atoms with Crippen LogP contribution >= 0.6 is 0 Å². The van der Waals surface area contributed by atoms with Crippen LogP contribution in [0.25, 0.3) is 10.9 Å². The van der Waals surface area contributed by atoms with E-state index in [1.54, 1.807) is 0 Å². The van der Waals surface area contributed by atoms with Gasteiger partial charge in [-0.05, 0) is 12.1 Å². The van der Waals surface area contributed by atoms with Crippen LogP contribution in [0.4, 0.5) is 0 Å². The molecule has 2 aromatic rings. The maximum atomic E-state index is 11.9. The van der Waals surface area contributed by atoms with E-state index >= 15 is 0 Å². The maximum absolute atomic E-state index is 11.9. The minimum Gasteiger partial charge on any atom is -0.335 e. The first-order valence-corrected chi connectivity index (χ1v) is 8.18. The standard InChI is InChI=1S/C14H15N3O3S/c15-21(19,20)12-7-14(18)17(9-12)8-11-6-5-10-3-1-2-4-13(10)16-11/h1-6,12H,7-9H2,(H2,15,19,20). The average Bonchev–Trinajstić information content (AvgIpc) is 2.80. The Bertz CT molecular complexity index is 804. The highest BCUT2D eigenvalue weighted by Crippen LogP contribution is 2.19. The second-order valence-electron chi connectivity index (χ2n) is 5.18. The SMILES string of the molecule is NS(=O)(=O)C1CC(=O)N(Cc2ccc3ccccc3n2)C1. The molecule has 1 fully saturated rings. The Morgan fingerprint density at radius 2 is 2.00 bits per heavy atom. The third-order valence-corrected chi connectivity index (χ3v) is 4.90. The lowest BCUT2D eigenvalue weighted by Gasteiger charge is -2.16. The van der Waals surface area contributed by atoms with Gasteiger partial charge in [-0.25, -0.2) is 13.6 Å². The van der Waals surface area contributed by atoms with Crippen molar-refractivity contribution in [2.24, 2.45) is 5.14 Å². The summed E-state index contributed by atoms with van der Waals surface area (Å²) in [6.45, 7) is 0.432. The number of fused-ring (bicyclic) bond motifs is 1. The number of para-hydroxylation sites is 1. The Morgan fingerprint density at radius 1 is 1.24 bits per heavy atom. The Morgan fingerprint density at radius 3 is 2.71 bits per heavy atom. The van der Waals surface area contributed by atoms with Crippen LogP contribution in [0.3, 0.4) is 0 Å². The first-order chi connectivity index (χ1) is 9.93. The largest absolute Gasteiger partial charge is 0.335 e. The summed E-state index contributed by atoms with van der Waals surface area (Å²) in [4.78, 5) is 17.9. The molecule has 110 valence electrons. The first kappa shape index (κ1) is 14.0. The van der Waals surface area contributed by atoms with Crippen LogP contribution in [-0.4, -0.2) is 36.0 Å². The number of pyridine rings is 1. The van der Waals surface area contributed by atoms with Gasteiger partial charge in [-0.2, -0.15) is 0 Å². The van der Waals surface area contributed by atoms with Crippen LogP contribution in [-0.2, 0) is 21.4 Å². The van der Waals surface area contributed by atoms with E-state index in [1.165, 1.54) is 4.90 Å².